The molecule has 0 bridgehead atoms. The third-order valence-corrected chi connectivity index (χ3v) is 10.1. The Morgan fingerprint density at radius 2 is 1.62 bits per heavy atom. The maximum Gasteiger partial charge on any atom is 0.472 e. The minimum Gasteiger partial charge on any atom is -0.462 e. The Kier molecular flexibility index (Phi) is 24.8. The van der Waals surface area contributed by atoms with E-state index in [1.165, 1.54) is 20.0 Å². The van der Waals surface area contributed by atoms with Crippen molar-refractivity contribution in [3.05, 3.63) is 11.9 Å². The molecule has 1 aliphatic rings. The molecule has 0 saturated carbocycles. The second kappa shape index (κ2) is 28.8. The summed E-state index contributed by atoms with van der Waals surface area (Å²) in [4.78, 5) is 108. The Labute approximate surface area is 379 Å². The molecule has 1 aromatic heterocycles. The zero-order valence-corrected chi connectivity index (χ0v) is 38.1. The van der Waals surface area contributed by atoms with Crippen LogP contribution in [0.15, 0.2) is 6.20 Å². The predicted molar refractivity (Wildman–Crippen MR) is 221 cm³/mol. The minimum absolute atomic E-state index is 0.0674. The average molecular weight is 968 g/mol. The van der Waals surface area contributed by atoms with Gasteiger partial charge in [-0.15, -0.1) is 5.10 Å². The summed E-state index contributed by atoms with van der Waals surface area (Å²) in [5, 5.41) is 50.1. The van der Waals surface area contributed by atoms with Gasteiger partial charge in [0.1, 0.15) is 61.4 Å². The van der Waals surface area contributed by atoms with Crippen LogP contribution in [0.2, 0.25) is 0 Å². The summed E-state index contributed by atoms with van der Waals surface area (Å²) in [7, 11) is -4.68. The number of phosphoric ester groups is 1. The van der Waals surface area contributed by atoms with Crippen molar-refractivity contribution in [2.24, 2.45) is 5.73 Å². The van der Waals surface area contributed by atoms with E-state index < -0.39 is 137 Å². The molecule has 10 atom stereocenters. The van der Waals surface area contributed by atoms with Crippen LogP contribution in [0.4, 0.5) is 0 Å². The molecule has 1 fully saturated rings. The number of nitrogens with zero attached hydrogens (tertiary/aromatic N) is 3. The van der Waals surface area contributed by atoms with E-state index in [0.717, 1.165) is 11.6 Å². The van der Waals surface area contributed by atoms with Gasteiger partial charge in [0.05, 0.1) is 32.6 Å². The Morgan fingerprint density at radius 3 is 2.26 bits per heavy atom. The van der Waals surface area contributed by atoms with Crippen molar-refractivity contribution < 1.29 is 91.1 Å². The fourth-order valence-corrected chi connectivity index (χ4v) is 6.51. The summed E-state index contributed by atoms with van der Waals surface area (Å²) in [6, 6.07) is -3.94. The maximum absolute atomic E-state index is 12.9. The number of carbonyl (C=O) groups is 8. The van der Waals surface area contributed by atoms with Gasteiger partial charge in [0.2, 0.25) is 35.4 Å². The molecule has 28 nitrogen and oxygen atoms in total. The van der Waals surface area contributed by atoms with Gasteiger partial charge in [-0.05, 0) is 33.1 Å². The second-order valence-electron chi connectivity index (χ2n) is 14.9. The third-order valence-electron chi connectivity index (χ3n) is 9.14. The number of aliphatic hydroxyl groups excluding tert-OH is 3. The molecular formula is C37H62N9O19P. The van der Waals surface area contributed by atoms with Gasteiger partial charge in [0, 0.05) is 32.7 Å². The largest absolute Gasteiger partial charge is 0.472 e. The Hall–Kier alpha value is -5.19. The molecule has 0 radical (unpaired) electrons. The van der Waals surface area contributed by atoms with E-state index in [1.54, 1.807) is 13.8 Å². The van der Waals surface area contributed by atoms with E-state index in [2.05, 4.69) is 36.9 Å². The van der Waals surface area contributed by atoms with Crippen LogP contribution in [0.3, 0.4) is 0 Å². The van der Waals surface area contributed by atoms with Crippen molar-refractivity contribution in [1.29, 1.82) is 0 Å². The number of carbonyl (C=O) groups excluding carboxylic acids is 8. The molecule has 2 unspecified atom stereocenters. The van der Waals surface area contributed by atoms with Crippen molar-refractivity contribution in [3.63, 3.8) is 0 Å². The highest BCUT2D eigenvalue weighted by molar-refractivity contribution is 7.47. The molecule has 0 spiro atoms. The molecule has 374 valence electrons. The second-order valence-corrected chi connectivity index (χ2v) is 16.3. The lowest BCUT2D eigenvalue weighted by molar-refractivity contribution is -0.266. The highest BCUT2D eigenvalue weighted by atomic mass is 31.2. The van der Waals surface area contributed by atoms with Gasteiger partial charge < -0.3 is 71.5 Å². The number of primary amides is 1. The van der Waals surface area contributed by atoms with E-state index in [9.17, 15) is 63.1 Å². The maximum atomic E-state index is 12.9. The van der Waals surface area contributed by atoms with Gasteiger partial charge >= 0.3 is 19.8 Å². The van der Waals surface area contributed by atoms with Crippen molar-refractivity contribution in [3.8, 4) is 0 Å². The van der Waals surface area contributed by atoms with Crippen molar-refractivity contribution in [1.82, 2.24) is 41.6 Å². The average Bonchev–Trinajstić information content (AvgIpc) is 3.70. The molecule has 29 heteroatoms. The minimum atomic E-state index is -4.68. The number of rotatable bonds is 30. The predicted octanol–water partition coefficient (Wildman–Crippen LogP) is -4.20. The lowest BCUT2D eigenvalue weighted by atomic mass is 9.96. The van der Waals surface area contributed by atoms with Crippen molar-refractivity contribution in [2.45, 2.75) is 141 Å². The summed E-state index contributed by atoms with van der Waals surface area (Å²) in [6.07, 6.45) is -6.54. The zero-order valence-electron chi connectivity index (χ0n) is 37.2. The molecule has 2 rings (SSSR count). The van der Waals surface area contributed by atoms with Crippen LogP contribution in [0.5, 0.6) is 0 Å². The normalized spacial score (nSPS) is 20.8. The quantitative estimate of drug-likeness (QED) is 0.0198. The zero-order chi connectivity index (χ0) is 49.6. The Morgan fingerprint density at radius 1 is 0.939 bits per heavy atom. The lowest BCUT2D eigenvalue weighted by Gasteiger charge is -2.43. The highest BCUT2D eigenvalue weighted by Crippen LogP contribution is 2.43. The summed E-state index contributed by atoms with van der Waals surface area (Å²) >= 11 is 0. The summed E-state index contributed by atoms with van der Waals surface area (Å²) < 4.78 is 44.2. The van der Waals surface area contributed by atoms with Gasteiger partial charge in [-0.3, -0.25) is 47.4 Å². The first kappa shape index (κ1) is 56.9. The molecule has 6 amide bonds. The van der Waals surface area contributed by atoms with Crippen molar-refractivity contribution >= 4 is 55.2 Å². The van der Waals surface area contributed by atoms with Crippen LogP contribution < -0.4 is 32.3 Å². The molecule has 1 aromatic rings. The van der Waals surface area contributed by atoms with Crippen LogP contribution in [0.1, 0.15) is 78.8 Å². The van der Waals surface area contributed by atoms with Crippen LogP contribution >= 0.6 is 7.82 Å². The van der Waals surface area contributed by atoms with Crippen LogP contribution in [-0.2, 0) is 84.0 Å². The number of hydrogen-bond acceptors (Lipinski definition) is 20. The monoisotopic (exact) mass is 967 g/mol. The first-order valence-electron chi connectivity index (χ1n) is 20.9. The standard InChI is InChI=1S/C37H62N9O19P/c1-6-8-29(51)60-18-24(64-30(52)9-7-2)19-62-66(58,59)61-13-12-39-28(50)16-46-15-23(44-45-46)14-40-27(49)11-10-25(34(38)54)43-35(55)20(3)41-36(56)21(4)63-33-31(42-22(5)48)37(57)65-26(17-47)32(33)53/h15,20-21,24-26,31-33,37,47,53,57H,6-14,16-19H2,1-5H3,(H2,38,54)(H,39,50)(H,40,49)(H,41,56)(H,42,48)(H,43,55)(H,58,59)/t20-,21+,24+,25+,26+,31+,32+,33+,37?/m0/s1. The number of aliphatic hydroxyl groups is 3. The van der Waals surface area contributed by atoms with Crippen LogP contribution in [0, 0.1) is 0 Å². The summed E-state index contributed by atoms with van der Waals surface area (Å²) in [5.41, 5.74) is 5.68. The molecule has 2 heterocycles. The van der Waals surface area contributed by atoms with Gasteiger partial charge in [0.25, 0.3) is 0 Å². The van der Waals surface area contributed by atoms with Gasteiger partial charge in [-0.2, -0.15) is 0 Å². The Bertz CT molecular complexity index is 1840. The number of ether oxygens (including phenoxy) is 4. The van der Waals surface area contributed by atoms with E-state index in [1.807, 2.05) is 0 Å². The Balaban J connectivity index is 1.77. The molecule has 0 aromatic carbocycles. The van der Waals surface area contributed by atoms with E-state index >= 15 is 0 Å². The third kappa shape index (κ3) is 21.0. The van der Waals surface area contributed by atoms with Gasteiger partial charge in [-0.25, -0.2) is 9.25 Å². The number of aromatic nitrogens is 3. The number of phosphoric acid groups is 1. The molecule has 66 heavy (non-hydrogen) atoms. The molecule has 0 aliphatic carbocycles. The molecule has 1 aliphatic heterocycles. The fraction of sp³-hybridized carbons (Fsp3) is 0.730. The lowest BCUT2D eigenvalue weighted by Crippen LogP contribution is -2.65. The van der Waals surface area contributed by atoms with Crippen molar-refractivity contribution in [2.75, 3.05) is 33.0 Å². The van der Waals surface area contributed by atoms with E-state index in [-0.39, 0.29) is 51.0 Å². The van der Waals surface area contributed by atoms with Crippen LogP contribution in [0.25, 0.3) is 0 Å². The first-order chi connectivity index (χ1) is 31.1. The van der Waals surface area contributed by atoms with Gasteiger partial charge in [0.15, 0.2) is 12.4 Å². The van der Waals surface area contributed by atoms with E-state index in [0.29, 0.717) is 12.8 Å². The van der Waals surface area contributed by atoms with E-state index in [4.69, 9.17) is 33.7 Å². The number of hydrogen-bond donors (Lipinski definition) is 10. The number of amides is 6. The van der Waals surface area contributed by atoms with Gasteiger partial charge in [-0.1, -0.05) is 19.1 Å². The molecule has 11 N–H and O–H groups in total. The first-order valence-corrected chi connectivity index (χ1v) is 22.4. The highest BCUT2D eigenvalue weighted by Gasteiger charge is 2.47. The number of esters is 2. The fourth-order valence-electron chi connectivity index (χ4n) is 5.76. The van der Waals surface area contributed by atoms with Crippen LogP contribution in [-0.4, -0.2) is 170 Å². The molecule has 1 saturated heterocycles. The smallest absolute Gasteiger partial charge is 0.462 e. The molecular weight excluding hydrogens is 905 g/mol. The summed E-state index contributed by atoms with van der Waals surface area (Å²) in [5.74, 6) is -5.65. The topological polar surface area (TPSA) is 407 Å². The summed E-state index contributed by atoms with van der Waals surface area (Å²) in [6.45, 7) is 4.29. The number of nitrogens with two attached hydrogens (primary N) is 1. The SMILES string of the molecule is CCCC(=O)OC[C@H](COP(=O)(O)OCCNC(=O)Cn1cc(CNC(=O)CC[C@@H](NC(=O)[C@H](C)NC(=O)[C@@H](C)O[C@H]2[C@H](O)[C@@H](CO)OC(O)[C@@H]2NC(C)=O)C(N)=O)nn1)OC(=O)CCC. The number of nitrogens with one attached hydrogen (secondary N) is 5.